The Labute approximate surface area is 181 Å². The van der Waals surface area contributed by atoms with Crippen LogP contribution in [0.4, 0.5) is 18.9 Å². The van der Waals surface area contributed by atoms with Crippen LogP contribution >= 0.6 is 23.4 Å². The van der Waals surface area contributed by atoms with E-state index in [9.17, 15) is 32.7 Å². The molecule has 1 unspecified atom stereocenters. The molecule has 0 saturated carbocycles. The average molecular weight is 476 g/mol. The fourth-order valence-corrected chi connectivity index (χ4v) is 4.86. The Bertz CT molecular complexity index is 1120. The summed E-state index contributed by atoms with van der Waals surface area (Å²) in [6, 6.07) is 0.247. The maximum Gasteiger partial charge on any atom is 0.417 e. The number of nitrogens with zero attached hydrogens (tertiary/aromatic N) is 2. The van der Waals surface area contributed by atoms with Crippen molar-refractivity contribution in [3.63, 3.8) is 0 Å². The first kappa shape index (κ1) is 21.3. The van der Waals surface area contributed by atoms with Crippen molar-refractivity contribution < 1.29 is 32.7 Å². The molecule has 3 heterocycles. The van der Waals surface area contributed by atoms with E-state index in [2.05, 4.69) is 20.6 Å². The molecular weight excluding hydrogens is 463 g/mol. The van der Waals surface area contributed by atoms with Crippen LogP contribution in [0.1, 0.15) is 0 Å². The van der Waals surface area contributed by atoms with Crippen LogP contribution in [0.5, 0.6) is 0 Å². The number of amides is 2. The predicted octanol–water partition coefficient (Wildman–Crippen LogP) is 1.84. The summed E-state index contributed by atoms with van der Waals surface area (Å²) < 4.78 is 40.8. The SMILES string of the molecule is O=C(O)C1=C(Cl)CS[C@H]2C(NC(=O)[C@@H](Nc3ccc4nc[nH]c4c3)C(F)(F)F)C(=O)N12. The van der Waals surface area contributed by atoms with Crippen LogP contribution in [-0.4, -0.2) is 67.1 Å². The highest BCUT2D eigenvalue weighted by molar-refractivity contribution is 8.00. The molecule has 1 saturated heterocycles. The Morgan fingerprint density at radius 2 is 2.13 bits per heavy atom. The zero-order valence-corrected chi connectivity index (χ0v) is 16.8. The third-order valence-electron chi connectivity index (χ3n) is 4.74. The number of carboxylic acid groups (broad SMARTS) is 1. The molecule has 164 valence electrons. The van der Waals surface area contributed by atoms with E-state index >= 15 is 0 Å². The molecule has 14 heteroatoms. The second-order valence-corrected chi connectivity index (χ2v) is 8.27. The number of carbonyl (C=O) groups is 3. The lowest BCUT2D eigenvalue weighted by atomic mass is 10.0. The molecule has 3 atom stereocenters. The van der Waals surface area contributed by atoms with Crippen molar-refractivity contribution in [1.29, 1.82) is 0 Å². The summed E-state index contributed by atoms with van der Waals surface area (Å²) in [5, 5.41) is 12.5. The maximum atomic E-state index is 13.6. The number of β-lactam (4-membered cyclic amide) rings is 1. The van der Waals surface area contributed by atoms with Crippen LogP contribution < -0.4 is 10.6 Å². The molecule has 0 radical (unpaired) electrons. The summed E-state index contributed by atoms with van der Waals surface area (Å²) in [5.41, 5.74) is 0.596. The number of halogens is 4. The predicted molar refractivity (Wildman–Crippen MR) is 105 cm³/mol. The largest absolute Gasteiger partial charge is 0.477 e. The Kier molecular flexibility index (Phi) is 5.25. The van der Waals surface area contributed by atoms with Crippen LogP contribution in [-0.2, 0) is 14.4 Å². The number of carboxylic acids is 1. The molecule has 2 aliphatic rings. The van der Waals surface area contributed by atoms with Gasteiger partial charge in [-0.05, 0) is 18.2 Å². The van der Waals surface area contributed by atoms with Gasteiger partial charge in [0.05, 0.1) is 22.4 Å². The first-order chi connectivity index (χ1) is 14.6. The number of hydrogen-bond acceptors (Lipinski definition) is 6. The molecule has 2 aliphatic heterocycles. The Balaban J connectivity index is 1.51. The van der Waals surface area contributed by atoms with Crippen molar-refractivity contribution in [1.82, 2.24) is 20.2 Å². The van der Waals surface area contributed by atoms with Gasteiger partial charge in [0.1, 0.15) is 17.1 Å². The molecule has 0 bridgehead atoms. The lowest BCUT2D eigenvalue weighted by Gasteiger charge is -2.49. The van der Waals surface area contributed by atoms with Gasteiger partial charge in [0.25, 0.3) is 11.8 Å². The number of fused-ring (bicyclic) bond motifs is 2. The molecule has 1 aromatic carbocycles. The van der Waals surface area contributed by atoms with Gasteiger partial charge in [0.15, 0.2) is 0 Å². The van der Waals surface area contributed by atoms with E-state index in [1.807, 2.05) is 0 Å². The minimum Gasteiger partial charge on any atom is -0.477 e. The van der Waals surface area contributed by atoms with Crippen LogP contribution in [0, 0.1) is 0 Å². The highest BCUT2D eigenvalue weighted by Crippen LogP contribution is 2.41. The van der Waals surface area contributed by atoms with Crippen LogP contribution in [0.25, 0.3) is 11.0 Å². The number of H-pyrrole nitrogens is 1. The highest BCUT2D eigenvalue weighted by Gasteiger charge is 2.56. The minimum absolute atomic E-state index is 0.0192. The van der Waals surface area contributed by atoms with Crippen molar-refractivity contribution in [2.24, 2.45) is 0 Å². The smallest absolute Gasteiger partial charge is 0.417 e. The number of anilines is 1. The molecule has 1 fully saturated rings. The molecule has 0 aliphatic carbocycles. The molecule has 2 amide bonds. The van der Waals surface area contributed by atoms with E-state index in [0.29, 0.717) is 11.0 Å². The number of aromatic nitrogens is 2. The lowest BCUT2D eigenvalue weighted by Crippen LogP contribution is -2.71. The van der Waals surface area contributed by atoms with Gasteiger partial charge < -0.3 is 20.7 Å². The van der Waals surface area contributed by atoms with Crippen molar-refractivity contribution >= 4 is 57.9 Å². The molecular formula is C17H13ClF3N5O4S. The van der Waals surface area contributed by atoms with E-state index in [-0.39, 0.29) is 16.5 Å². The molecule has 4 rings (SSSR count). The van der Waals surface area contributed by atoms with E-state index in [4.69, 9.17) is 11.6 Å². The van der Waals surface area contributed by atoms with Gasteiger partial charge >= 0.3 is 12.1 Å². The van der Waals surface area contributed by atoms with Crippen molar-refractivity contribution in [3.05, 3.63) is 35.3 Å². The number of imidazole rings is 1. The lowest BCUT2D eigenvalue weighted by molar-refractivity contribution is -0.163. The van der Waals surface area contributed by atoms with Crippen molar-refractivity contribution in [2.45, 2.75) is 23.6 Å². The number of aromatic amines is 1. The molecule has 9 nitrogen and oxygen atoms in total. The monoisotopic (exact) mass is 475 g/mol. The second kappa shape index (κ2) is 7.64. The van der Waals surface area contributed by atoms with E-state index in [1.54, 1.807) is 0 Å². The number of benzene rings is 1. The molecule has 4 N–H and O–H groups in total. The van der Waals surface area contributed by atoms with E-state index in [1.165, 1.54) is 24.5 Å². The van der Waals surface area contributed by atoms with Crippen molar-refractivity contribution in [3.8, 4) is 0 Å². The zero-order valence-electron chi connectivity index (χ0n) is 15.2. The van der Waals surface area contributed by atoms with Gasteiger partial charge in [-0.1, -0.05) is 11.6 Å². The highest BCUT2D eigenvalue weighted by atomic mass is 35.5. The topological polar surface area (TPSA) is 127 Å². The summed E-state index contributed by atoms with van der Waals surface area (Å²) in [6.45, 7) is 0. The van der Waals surface area contributed by atoms with Gasteiger partial charge in [-0.2, -0.15) is 13.2 Å². The zero-order chi connectivity index (χ0) is 22.5. The minimum atomic E-state index is -4.96. The summed E-state index contributed by atoms with van der Waals surface area (Å²) in [5.74, 6) is -3.69. The number of aliphatic carboxylic acids is 1. The van der Waals surface area contributed by atoms with Crippen LogP contribution in [0.15, 0.2) is 35.3 Å². The van der Waals surface area contributed by atoms with Gasteiger partial charge in [-0.25, -0.2) is 9.78 Å². The van der Waals surface area contributed by atoms with Crippen LogP contribution in [0.2, 0.25) is 0 Å². The number of hydrogen-bond donors (Lipinski definition) is 4. The second-order valence-electron chi connectivity index (χ2n) is 6.71. The maximum absolute atomic E-state index is 13.6. The van der Waals surface area contributed by atoms with Gasteiger partial charge in [0.2, 0.25) is 6.04 Å². The van der Waals surface area contributed by atoms with Gasteiger partial charge in [0, 0.05) is 11.4 Å². The summed E-state index contributed by atoms with van der Waals surface area (Å²) in [6.07, 6.45) is -3.58. The fourth-order valence-electron chi connectivity index (χ4n) is 3.31. The van der Waals surface area contributed by atoms with Gasteiger partial charge in [-0.15, -0.1) is 11.8 Å². The average Bonchev–Trinajstić information content (AvgIpc) is 3.16. The summed E-state index contributed by atoms with van der Waals surface area (Å²) in [7, 11) is 0. The summed E-state index contributed by atoms with van der Waals surface area (Å²) in [4.78, 5) is 43.8. The molecule has 0 spiro atoms. The van der Waals surface area contributed by atoms with Crippen LogP contribution in [0.3, 0.4) is 0 Å². The summed E-state index contributed by atoms with van der Waals surface area (Å²) >= 11 is 6.90. The number of thioether (sulfide) groups is 1. The first-order valence-electron chi connectivity index (χ1n) is 8.71. The number of carbonyl (C=O) groups excluding carboxylic acids is 2. The Hall–Kier alpha value is -2.93. The Morgan fingerprint density at radius 1 is 1.39 bits per heavy atom. The first-order valence-corrected chi connectivity index (χ1v) is 10.1. The fraction of sp³-hybridized carbons (Fsp3) is 0.294. The van der Waals surface area contributed by atoms with Gasteiger partial charge in [-0.3, -0.25) is 14.5 Å². The number of rotatable bonds is 5. The quantitative estimate of drug-likeness (QED) is 0.486. The third kappa shape index (κ3) is 3.78. The molecule has 31 heavy (non-hydrogen) atoms. The number of alkyl halides is 3. The van der Waals surface area contributed by atoms with E-state index < -0.39 is 47.1 Å². The molecule has 1 aromatic heterocycles. The molecule has 2 aromatic rings. The van der Waals surface area contributed by atoms with Crippen molar-refractivity contribution in [2.75, 3.05) is 11.1 Å². The van der Waals surface area contributed by atoms with E-state index in [0.717, 1.165) is 16.7 Å². The normalized spacial score (nSPS) is 22.1. The standard InChI is InChI=1S/C17H13ClF3N5O4S/c18-7-4-31-15-10(14(28)26(15)11(7)16(29)30)25-13(27)12(17(19,20)21)24-6-1-2-8-9(3-6)23-5-22-8/h1-3,5,10,12,15,24H,4H2,(H,22,23)(H,25,27)(H,29,30)/t10?,12-,15+/m1/s1. The Morgan fingerprint density at radius 3 is 2.81 bits per heavy atom. The number of nitrogens with one attached hydrogen (secondary N) is 3. The third-order valence-corrected chi connectivity index (χ3v) is 6.49.